The van der Waals surface area contributed by atoms with Crippen molar-refractivity contribution in [3.05, 3.63) is 12.2 Å². The minimum absolute atomic E-state index is 0.0589. The number of carbonyl (C=O) groups excluding carboxylic acids is 1. The van der Waals surface area contributed by atoms with Crippen LogP contribution in [-0.4, -0.2) is 34.9 Å². The first kappa shape index (κ1) is 53.1. The molecule has 0 fully saturated rings. The van der Waals surface area contributed by atoms with Gasteiger partial charge < -0.3 is 15.5 Å². The molecule has 54 heavy (non-hydrogen) atoms. The van der Waals surface area contributed by atoms with E-state index in [0.717, 1.165) is 25.7 Å². The molecule has 0 aliphatic heterocycles. The quantitative estimate of drug-likeness (QED) is 0.0427. The molecule has 0 aromatic heterocycles. The Bertz CT molecular complexity index is 739. The lowest BCUT2D eigenvalue weighted by molar-refractivity contribution is -0.123. The van der Waals surface area contributed by atoms with Gasteiger partial charge in [-0.1, -0.05) is 270 Å². The molecule has 3 N–H and O–H groups in total. The van der Waals surface area contributed by atoms with Gasteiger partial charge in [0.2, 0.25) is 5.91 Å². The van der Waals surface area contributed by atoms with Crippen molar-refractivity contribution in [2.75, 3.05) is 6.61 Å². The van der Waals surface area contributed by atoms with Gasteiger partial charge in [0.15, 0.2) is 0 Å². The number of allylic oxidation sites excluding steroid dienone is 1. The molecular weight excluding hydrogens is 663 g/mol. The van der Waals surface area contributed by atoms with Gasteiger partial charge in [0, 0.05) is 6.42 Å². The Kier molecular flexibility index (Phi) is 45.8. The highest BCUT2D eigenvalue weighted by Gasteiger charge is 2.18. The van der Waals surface area contributed by atoms with Gasteiger partial charge in [-0.15, -0.1) is 0 Å². The van der Waals surface area contributed by atoms with Gasteiger partial charge in [0.05, 0.1) is 18.8 Å². The standard InChI is InChI=1S/C50H99NO3/c1-3-5-7-9-11-13-15-17-18-19-20-21-22-23-24-25-26-27-28-29-30-31-32-33-34-36-38-40-42-44-46-50(54)51-48(47-52)49(53)45-43-41-39-37-35-16-14-12-10-8-6-4-2/h43,45,48-49,52-53H,3-42,44,46-47H2,1-2H3,(H,51,54)/b45-43+/t48-,49+/m0/s1. The van der Waals surface area contributed by atoms with Crippen LogP contribution in [0.3, 0.4) is 0 Å². The van der Waals surface area contributed by atoms with Crippen LogP contribution in [0.15, 0.2) is 12.2 Å². The Hall–Kier alpha value is -0.870. The predicted octanol–water partition coefficient (Wildman–Crippen LogP) is 15.8. The summed E-state index contributed by atoms with van der Waals surface area (Å²) in [6, 6.07) is -0.616. The lowest BCUT2D eigenvalue weighted by atomic mass is 10.0. The summed E-state index contributed by atoms with van der Waals surface area (Å²) in [5, 5.41) is 23.0. The van der Waals surface area contributed by atoms with Crippen molar-refractivity contribution in [1.82, 2.24) is 5.32 Å². The highest BCUT2D eigenvalue weighted by atomic mass is 16.3. The van der Waals surface area contributed by atoms with E-state index in [0.29, 0.717) is 6.42 Å². The molecule has 1 amide bonds. The van der Waals surface area contributed by atoms with Crippen molar-refractivity contribution in [3.63, 3.8) is 0 Å². The van der Waals surface area contributed by atoms with Gasteiger partial charge in [0.1, 0.15) is 0 Å². The number of hydrogen-bond acceptors (Lipinski definition) is 3. The maximum atomic E-state index is 12.4. The zero-order chi connectivity index (χ0) is 39.3. The third-order valence-electron chi connectivity index (χ3n) is 11.8. The van der Waals surface area contributed by atoms with Gasteiger partial charge in [-0.3, -0.25) is 4.79 Å². The Morgan fingerprint density at radius 1 is 0.426 bits per heavy atom. The molecule has 0 heterocycles. The minimum atomic E-state index is -0.833. The molecule has 0 spiro atoms. The molecule has 0 radical (unpaired) electrons. The summed E-state index contributed by atoms with van der Waals surface area (Å²) in [5.41, 5.74) is 0. The van der Waals surface area contributed by atoms with Crippen molar-refractivity contribution >= 4 is 5.91 Å². The van der Waals surface area contributed by atoms with Crippen LogP contribution in [0, 0.1) is 0 Å². The van der Waals surface area contributed by atoms with E-state index in [4.69, 9.17) is 0 Å². The highest BCUT2D eigenvalue weighted by Crippen LogP contribution is 2.17. The SMILES string of the molecule is CCCCCCCCCCCC/C=C/[C@@H](O)[C@H](CO)NC(=O)CCCCCCCCCCCCCCCCCCCCCCCCCCCCCCCC. The van der Waals surface area contributed by atoms with E-state index >= 15 is 0 Å². The maximum Gasteiger partial charge on any atom is 0.220 e. The highest BCUT2D eigenvalue weighted by molar-refractivity contribution is 5.76. The number of nitrogens with one attached hydrogen (secondary N) is 1. The van der Waals surface area contributed by atoms with Crippen molar-refractivity contribution in [2.45, 2.75) is 296 Å². The lowest BCUT2D eigenvalue weighted by Gasteiger charge is -2.20. The average Bonchev–Trinajstić information content (AvgIpc) is 3.18. The summed E-state index contributed by atoms with van der Waals surface area (Å²) >= 11 is 0. The van der Waals surface area contributed by atoms with E-state index in [9.17, 15) is 15.0 Å². The molecular formula is C50H99NO3. The molecule has 0 unspecified atom stereocenters. The number of carbonyl (C=O) groups is 1. The van der Waals surface area contributed by atoms with Crippen LogP contribution < -0.4 is 5.32 Å². The summed E-state index contributed by atoms with van der Waals surface area (Å²) in [5.74, 6) is -0.0589. The zero-order valence-corrected chi connectivity index (χ0v) is 37.0. The molecule has 0 saturated heterocycles. The summed E-state index contributed by atoms with van der Waals surface area (Å²) in [6.07, 6.45) is 59.3. The summed E-state index contributed by atoms with van der Waals surface area (Å²) in [4.78, 5) is 12.4. The number of hydrogen-bond donors (Lipinski definition) is 3. The first-order valence-electron chi connectivity index (χ1n) is 24.9. The normalized spacial score (nSPS) is 12.9. The number of rotatable bonds is 46. The number of aliphatic hydroxyl groups excluding tert-OH is 2. The molecule has 0 bridgehead atoms. The molecule has 0 aliphatic carbocycles. The average molecular weight is 762 g/mol. The second-order valence-electron chi connectivity index (χ2n) is 17.2. The van der Waals surface area contributed by atoms with Crippen LogP contribution in [0.1, 0.15) is 284 Å². The smallest absolute Gasteiger partial charge is 0.220 e. The molecule has 0 aromatic rings. The second kappa shape index (κ2) is 46.5. The van der Waals surface area contributed by atoms with Gasteiger partial charge in [0.25, 0.3) is 0 Å². The molecule has 4 heteroatoms. The molecule has 4 nitrogen and oxygen atoms in total. The molecule has 0 aromatic carbocycles. The van der Waals surface area contributed by atoms with Crippen molar-refractivity contribution < 1.29 is 15.0 Å². The second-order valence-corrected chi connectivity index (χ2v) is 17.2. The largest absolute Gasteiger partial charge is 0.394 e. The zero-order valence-electron chi connectivity index (χ0n) is 37.0. The first-order valence-corrected chi connectivity index (χ1v) is 24.9. The van der Waals surface area contributed by atoms with Gasteiger partial charge in [-0.05, 0) is 19.3 Å². The van der Waals surface area contributed by atoms with Crippen molar-refractivity contribution in [3.8, 4) is 0 Å². The van der Waals surface area contributed by atoms with E-state index in [1.54, 1.807) is 6.08 Å². The summed E-state index contributed by atoms with van der Waals surface area (Å²) < 4.78 is 0. The molecule has 2 atom stereocenters. The Morgan fingerprint density at radius 3 is 0.963 bits per heavy atom. The summed E-state index contributed by atoms with van der Waals surface area (Å²) in [7, 11) is 0. The fraction of sp³-hybridized carbons (Fsp3) is 0.940. The topological polar surface area (TPSA) is 69.6 Å². The third-order valence-corrected chi connectivity index (χ3v) is 11.8. The molecule has 0 aliphatic rings. The van der Waals surface area contributed by atoms with E-state index in [2.05, 4.69) is 19.2 Å². The molecule has 0 saturated carbocycles. The van der Waals surface area contributed by atoms with Gasteiger partial charge in [-0.2, -0.15) is 0 Å². The number of unbranched alkanes of at least 4 members (excludes halogenated alkanes) is 39. The van der Waals surface area contributed by atoms with Gasteiger partial charge in [-0.25, -0.2) is 0 Å². The van der Waals surface area contributed by atoms with Crippen molar-refractivity contribution in [2.24, 2.45) is 0 Å². The number of aliphatic hydroxyl groups is 2. The van der Waals surface area contributed by atoms with Crippen LogP contribution in [0.5, 0.6) is 0 Å². The maximum absolute atomic E-state index is 12.4. The van der Waals surface area contributed by atoms with E-state index in [1.807, 2.05) is 6.08 Å². The molecule has 0 rings (SSSR count). The van der Waals surface area contributed by atoms with Crippen LogP contribution in [-0.2, 0) is 4.79 Å². The van der Waals surface area contributed by atoms with E-state index in [-0.39, 0.29) is 12.5 Å². The first-order chi connectivity index (χ1) is 26.7. The Labute approximate surface area is 339 Å². The van der Waals surface area contributed by atoms with Crippen molar-refractivity contribution in [1.29, 1.82) is 0 Å². The predicted molar refractivity (Wildman–Crippen MR) is 239 cm³/mol. The number of amides is 1. The van der Waals surface area contributed by atoms with Crippen LogP contribution >= 0.6 is 0 Å². The fourth-order valence-electron chi connectivity index (χ4n) is 7.95. The Morgan fingerprint density at radius 2 is 0.685 bits per heavy atom. The fourth-order valence-corrected chi connectivity index (χ4v) is 7.95. The van der Waals surface area contributed by atoms with Crippen LogP contribution in [0.4, 0.5) is 0 Å². The lowest BCUT2D eigenvalue weighted by Crippen LogP contribution is -2.45. The minimum Gasteiger partial charge on any atom is -0.394 e. The third kappa shape index (κ3) is 42.3. The summed E-state index contributed by atoms with van der Waals surface area (Å²) in [6.45, 7) is 4.32. The van der Waals surface area contributed by atoms with Crippen LogP contribution in [0.25, 0.3) is 0 Å². The monoisotopic (exact) mass is 762 g/mol. The van der Waals surface area contributed by atoms with Gasteiger partial charge >= 0.3 is 0 Å². The van der Waals surface area contributed by atoms with Crippen LogP contribution in [0.2, 0.25) is 0 Å². The van der Waals surface area contributed by atoms with E-state index < -0.39 is 12.1 Å². The Balaban J connectivity index is 3.39. The van der Waals surface area contributed by atoms with E-state index in [1.165, 1.54) is 238 Å². The molecule has 322 valence electrons.